The Hall–Kier alpha value is -1.46. The topological polar surface area (TPSA) is 62.8 Å². The molecular weight excluding hydrogens is 183 g/mol. The predicted molar refractivity (Wildman–Crippen MR) is 52.6 cm³/mol. The van der Waals surface area contributed by atoms with E-state index in [-0.39, 0.29) is 5.46 Å². The molecule has 0 aliphatic rings. The van der Waals surface area contributed by atoms with Gasteiger partial charge in [-0.1, -0.05) is 0 Å². The second-order valence-corrected chi connectivity index (χ2v) is 2.89. The van der Waals surface area contributed by atoms with Crippen molar-refractivity contribution in [3.05, 3.63) is 24.5 Å². The average molecular weight is 192 g/mol. The molecule has 1 aromatic heterocycles. The maximum absolute atomic E-state index is 9.17. The Labute approximate surface area is 80.9 Å². The monoisotopic (exact) mass is 192 g/mol. The molecule has 0 spiro atoms. The van der Waals surface area contributed by atoms with Gasteiger partial charge in [-0.15, -0.1) is 0 Å². The fourth-order valence-corrected chi connectivity index (χ4v) is 1.46. The van der Waals surface area contributed by atoms with Crippen molar-refractivity contribution in [2.45, 2.75) is 0 Å². The fourth-order valence-electron chi connectivity index (χ4n) is 1.46. The molecule has 1 aromatic carbocycles. The zero-order chi connectivity index (χ0) is 10.1. The van der Waals surface area contributed by atoms with E-state index in [0.29, 0.717) is 11.3 Å². The highest BCUT2D eigenvalue weighted by molar-refractivity contribution is 6.62. The van der Waals surface area contributed by atoms with Crippen LogP contribution < -0.4 is 10.2 Å². The minimum absolute atomic E-state index is 0.259. The van der Waals surface area contributed by atoms with Gasteiger partial charge in [0.15, 0.2) is 0 Å². The van der Waals surface area contributed by atoms with E-state index in [2.05, 4.69) is 0 Å². The number of fused-ring (bicyclic) bond motifs is 1. The molecule has 14 heavy (non-hydrogen) atoms. The summed E-state index contributed by atoms with van der Waals surface area (Å²) in [5.41, 5.74) is 0.703. The largest absolute Gasteiger partial charge is 0.497 e. The zero-order valence-corrected chi connectivity index (χ0v) is 7.60. The molecule has 0 saturated heterocycles. The van der Waals surface area contributed by atoms with Crippen LogP contribution in [0.25, 0.3) is 11.0 Å². The van der Waals surface area contributed by atoms with E-state index < -0.39 is 7.12 Å². The molecule has 2 rings (SSSR count). The van der Waals surface area contributed by atoms with Crippen molar-refractivity contribution in [1.29, 1.82) is 0 Å². The van der Waals surface area contributed by atoms with Gasteiger partial charge in [-0.05, 0) is 18.2 Å². The van der Waals surface area contributed by atoms with Gasteiger partial charge in [0.2, 0.25) is 0 Å². The maximum Gasteiger partial charge on any atom is 0.496 e. The number of benzene rings is 1. The van der Waals surface area contributed by atoms with Crippen LogP contribution in [-0.2, 0) is 0 Å². The second-order valence-electron chi connectivity index (χ2n) is 2.89. The van der Waals surface area contributed by atoms with Crippen molar-refractivity contribution >= 4 is 23.6 Å². The van der Waals surface area contributed by atoms with Crippen LogP contribution in [0.1, 0.15) is 0 Å². The summed E-state index contributed by atoms with van der Waals surface area (Å²) in [6.45, 7) is 0. The molecule has 0 radical (unpaired) electrons. The van der Waals surface area contributed by atoms with Crippen LogP contribution >= 0.6 is 0 Å². The number of methoxy groups -OCH3 is 1. The Balaban J connectivity index is 2.75. The van der Waals surface area contributed by atoms with E-state index in [1.54, 1.807) is 18.2 Å². The van der Waals surface area contributed by atoms with E-state index in [1.165, 1.54) is 13.4 Å². The molecule has 0 unspecified atom stereocenters. The Morgan fingerprint density at radius 2 is 2.07 bits per heavy atom. The molecule has 0 saturated carbocycles. The van der Waals surface area contributed by atoms with Crippen molar-refractivity contribution in [2.75, 3.05) is 7.11 Å². The lowest BCUT2D eigenvalue weighted by molar-refractivity contribution is 0.403. The van der Waals surface area contributed by atoms with Gasteiger partial charge < -0.3 is 19.2 Å². The first-order valence-electron chi connectivity index (χ1n) is 4.14. The summed E-state index contributed by atoms with van der Waals surface area (Å²) in [4.78, 5) is 0. The minimum Gasteiger partial charge on any atom is -0.497 e. The summed E-state index contributed by atoms with van der Waals surface area (Å²) in [5.74, 6) is 0.405. The highest BCUT2D eigenvalue weighted by Crippen LogP contribution is 2.19. The molecular formula is C9H9BO4. The van der Waals surface area contributed by atoms with Crippen LogP contribution in [0, 0.1) is 0 Å². The third-order valence-electron chi connectivity index (χ3n) is 2.10. The summed E-state index contributed by atoms with van der Waals surface area (Å²) in [6, 6.07) is 5.22. The van der Waals surface area contributed by atoms with Crippen molar-refractivity contribution in [1.82, 2.24) is 0 Å². The molecule has 1 heterocycles. The van der Waals surface area contributed by atoms with E-state index in [9.17, 15) is 0 Å². The average Bonchev–Trinajstić information content (AvgIpc) is 2.62. The number of rotatable bonds is 2. The predicted octanol–water partition coefficient (Wildman–Crippen LogP) is 0.121. The van der Waals surface area contributed by atoms with Crippen LogP contribution in [0.3, 0.4) is 0 Å². The van der Waals surface area contributed by atoms with E-state index >= 15 is 0 Å². The van der Waals surface area contributed by atoms with Crippen LogP contribution in [0.2, 0.25) is 0 Å². The lowest BCUT2D eigenvalue weighted by Crippen LogP contribution is -2.31. The lowest BCUT2D eigenvalue weighted by atomic mass is 9.78. The molecule has 72 valence electrons. The Morgan fingerprint density at radius 3 is 2.71 bits per heavy atom. The van der Waals surface area contributed by atoms with Crippen LogP contribution in [0.4, 0.5) is 0 Å². The van der Waals surface area contributed by atoms with Crippen LogP contribution in [0.15, 0.2) is 28.9 Å². The Kier molecular flexibility index (Phi) is 2.19. The molecule has 0 bridgehead atoms. The van der Waals surface area contributed by atoms with Crippen molar-refractivity contribution in [3.63, 3.8) is 0 Å². The number of ether oxygens (including phenoxy) is 1. The van der Waals surface area contributed by atoms with E-state index in [1.807, 2.05) is 0 Å². The van der Waals surface area contributed by atoms with Crippen molar-refractivity contribution < 1.29 is 19.2 Å². The minimum atomic E-state index is -1.60. The van der Waals surface area contributed by atoms with Crippen LogP contribution in [0.5, 0.6) is 5.75 Å². The standard InChI is InChI=1S/C9H9BO4/c1-13-7-3-2-6-4-5-14-9(6)8(7)10(11)12/h2-5,11-12H,1H3. The zero-order valence-electron chi connectivity index (χ0n) is 7.60. The maximum atomic E-state index is 9.17. The smallest absolute Gasteiger partial charge is 0.496 e. The summed E-state index contributed by atoms with van der Waals surface area (Å²) < 4.78 is 10.2. The molecule has 0 aliphatic carbocycles. The molecule has 5 heteroatoms. The summed E-state index contributed by atoms with van der Waals surface area (Å²) >= 11 is 0. The lowest BCUT2D eigenvalue weighted by Gasteiger charge is -2.07. The highest BCUT2D eigenvalue weighted by atomic mass is 16.5. The number of furan rings is 1. The molecule has 2 N–H and O–H groups in total. The van der Waals surface area contributed by atoms with Gasteiger partial charge in [0, 0.05) is 5.39 Å². The summed E-state index contributed by atoms with van der Waals surface area (Å²) in [5, 5.41) is 19.1. The summed E-state index contributed by atoms with van der Waals surface area (Å²) in [7, 11) is -0.129. The van der Waals surface area contributed by atoms with Crippen LogP contribution in [-0.4, -0.2) is 24.3 Å². The van der Waals surface area contributed by atoms with Crippen molar-refractivity contribution in [3.8, 4) is 5.75 Å². The third kappa shape index (κ3) is 1.27. The van der Waals surface area contributed by atoms with Crippen molar-refractivity contribution in [2.24, 2.45) is 0 Å². The van der Waals surface area contributed by atoms with Gasteiger partial charge >= 0.3 is 7.12 Å². The summed E-state index contributed by atoms with van der Waals surface area (Å²) in [6.07, 6.45) is 1.50. The molecule has 0 atom stereocenters. The number of hydrogen-bond acceptors (Lipinski definition) is 4. The highest BCUT2D eigenvalue weighted by Gasteiger charge is 2.22. The van der Waals surface area contributed by atoms with E-state index in [4.69, 9.17) is 19.2 Å². The molecule has 0 amide bonds. The number of hydrogen-bond donors (Lipinski definition) is 2. The SMILES string of the molecule is COc1ccc2ccoc2c1B(O)O. The van der Waals surface area contributed by atoms with Gasteiger partial charge in [-0.3, -0.25) is 0 Å². The first-order valence-corrected chi connectivity index (χ1v) is 4.14. The molecule has 0 aliphatic heterocycles. The Morgan fingerprint density at radius 1 is 1.29 bits per heavy atom. The first kappa shape index (κ1) is 9.11. The fraction of sp³-hybridized carbons (Fsp3) is 0.111. The normalized spacial score (nSPS) is 10.5. The quantitative estimate of drug-likeness (QED) is 0.663. The van der Waals surface area contributed by atoms with Gasteiger partial charge in [-0.2, -0.15) is 0 Å². The van der Waals surface area contributed by atoms with Gasteiger partial charge in [-0.25, -0.2) is 0 Å². The molecule has 4 nitrogen and oxygen atoms in total. The molecule has 2 aromatic rings. The van der Waals surface area contributed by atoms with Gasteiger partial charge in [0.05, 0.1) is 18.8 Å². The second kappa shape index (κ2) is 3.36. The third-order valence-corrected chi connectivity index (χ3v) is 2.10. The van der Waals surface area contributed by atoms with Gasteiger partial charge in [0.25, 0.3) is 0 Å². The Bertz CT molecular complexity index is 449. The molecule has 0 fully saturated rings. The van der Waals surface area contributed by atoms with E-state index in [0.717, 1.165) is 5.39 Å². The first-order chi connectivity index (χ1) is 6.74. The van der Waals surface area contributed by atoms with Gasteiger partial charge in [0.1, 0.15) is 11.3 Å².